The van der Waals surface area contributed by atoms with E-state index in [0.29, 0.717) is 30.6 Å². The van der Waals surface area contributed by atoms with Crippen molar-refractivity contribution < 1.29 is 8.42 Å². The zero-order valence-electron chi connectivity index (χ0n) is 14.8. The Bertz CT molecular complexity index is 881. The number of nitrogens with zero attached hydrogens (tertiary/aromatic N) is 3. The van der Waals surface area contributed by atoms with Gasteiger partial charge in [-0.2, -0.15) is 0 Å². The van der Waals surface area contributed by atoms with E-state index >= 15 is 0 Å². The molecule has 1 aromatic carbocycles. The van der Waals surface area contributed by atoms with Crippen molar-refractivity contribution in [1.29, 1.82) is 0 Å². The molecule has 0 spiro atoms. The van der Waals surface area contributed by atoms with Crippen molar-refractivity contribution in [2.75, 3.05) is 37.7 Å². The van der Waals surface area contributed by atoms with Gasteiger partial charge in [-0.3, -0.25) is 14.8 Å². The molecule has 0 radical (unpaired) electrons. The SMILES string of the molecule is O=S1(=O)CCN(C2CCN(Cc3ccc(Cl)c4cccnc34)CC2)CC1. The summed E-state index contributed by atoms with van der Waals surface area (Å²) >= 11 is 6.30. The Hall–Kier alpha value is -1.21. The van der Waals surface area contributed by atoms with Gasteiger partial charge in [-0.15, -0.1) is 0 Å². The first-order chi connectivity index (χ1) is 12.5. The number of benzene rings is 1. The molecule has 3 heterocycles. The van der Waals surface area contributed by atoms with Gasteiger partial charge in [-0.1, -0.05) is 17.7 Å². The van der Waals surface area contributed by atoms with Gasteiger partial charge in [0, 0.05) is 42.3 Å². The number of pyridine rings is 1. The monoisotopic (exact) mass is 393 g/mol. The van der Waals surface area contributed by atoms with Gasteiger partial charge < -0.3 is 0 Å². The Labute approximate surface area is 159 Å². The normalized spacial score (nSPS) is 22.7. The molecule has 4 rings (SSSR count). The average Bonchev–Trinajstić information content (AvgIpc) is 2.65. The Morgan fingerprint density at radius 2 is 1.81 bits per heavy atom. The van der Waals surface area contributed by atoms with Crippen molar-refractivity contribution in [3.05, 3.63) is 41.0 Å². The Balaban J connectivity index is 1.38. The summed E-state index contributed by atoms with van der Waals surface area (Å²) in [6.45, 7) is 4.33. The third kappa shape index (κ3) is 3.88. The Morgan fingerprint density at radius 3 is 2.54 bits per heavy atom. The van der Waals surface area contributed by atoms with Crippen LogP contribution in [0, 0.1) is 0 Å². The second-order valence-corrected chi connectivity index (χ2v) is 10.0. The number of hydrogen-bond donors (Lipinski definition) is 0. The van der Waals surface area contributed by atoms with Crippen LogP contribution in [0.25, 0.3) is 10.9 Å². The molecule has 0 saturated carbocycles. The topological polar surface area (TPSA) is 53.5 Å². The van der Waals surface area contributed by atoms with E-state index in [0.717, 1.165) is 48.4 Å². The van der Waals surface area contributed by atoms with Gasteiger partial charge in [0.05, 0.1) is 17.0 Å². The molecular weight excluding hydrogens is 370 g/mol. The summed E-state index contributed by atoms with van der Waals surface area (Å²) in [5.74, 6) is 0.630. The molecule has 2 aliphatic heterocycles. The molecule has 2 saturated heterocycles. The summed E-state index contributed by atoms with van der Waals surface area (Å²) in [5.41, 5.74) is 2.20. The van der Waals surface area contributed by atoms with Crippen molar-refractivity contribution in [2.45, 2.75) is 25.4 Å². The molecule has 0 amide bonds. The number of likely N-dealkylation sites (tertiary alicyclic amines) is 1. The second-order valence-electron chi connectivity index (χ2n) is 7.30. The van der Waals surface area contributed by atoms with Crippen LogP contribution in [-0.2, 0) is 16.4 Å². The lowest BCUT2D eigenvalue weighted by Gasteiger charge is -2.40. The fraction of sp³-hybridized carbons (Fsp3) is 0.526. The highest BCUT2D eigenvalue weighted by Crippen LogP contribution is 2.27. The molecular formula is C19H24ClN3O2S. The standard InChI is InChI=1S/C19H24ClN3O2S/c20-18-4-3-15(19-17(18)2-1-7-21-19)14-22-8-5-16(6-9-22)23-10-12-26(24,25)13-11-23/h1-4,7,16H,5-6,8-14H2. The molecule has 0 N–H and O–H groups in total. The molecule has 26 heavy (non-hydrogen) atoms. The van der Waals surface area contributed by atoms with Crippen molar-refractivity contribution in [2.24, 2.45) is 0 Å². The minimum absolute atomic E-state index is 0.315. The molecule has 2 aliphatic rings. The van der Waals surface area contributed by atoms with E-state index in [1.807, 2.05) is 24.4 Å². The van der Waals surface area contributed by atoms with Crippen LogP contribution in [-0.4, -0.2) is 66.9 Å². The lowest BCUT2D eigenvalue weighted by molar-refractivity contribution is 0.111. The van der Waals surface area contributed by atoms with E-state index in [1.165, 1.54) is 5.56 Å². The first-order valence-corrected chi connectivity index (χ1v) is 11.4. The lowest BCUT2D eigenvalue weighted by atomic mass is 10.0. The van der Waals surface area contributed by atoms with Crippen LogP contribution in [0.2, 0.25) is 5.02 Å². The quantitative estimate of drug-likeness (QED) is 0.802. The average molecular weight is 394 g/mol. The minimum atomic E-state index is -2.80. The van der Waals surface area contributed by atoms with E-state index < -0.39 is 9.84 Å². The van der Waals surface area contributed by atoms with Crippen molar-refractivity contribution in [1.82, 2.24) is 14.8 Å². The van der Waals surface area contributed by atoms with Crippen molar-refractivity contribution in [3.63, 3.8) is 0 Å². The smallest absolute Gasteiger partial charge is 0.152 e. The maximum Gasteiger partial charge on any atom is 0.152 e. The minimum Gasteiger partial charge on any atom is -0.299 e. The summed E-state index contributed by atoms with van der Waals surface area (Å²) in [5, 5.41) is 1.76. The van der Waals surface area contributed by atoms with E-state index in [4.69, 9.17) is 11.6 Å². The van der Waals surface area contributed by atoms with Crippen LogP contribution >= 0.6 is 11.6 Å². The van der Waals surface area contributed by atoms with Crippen LogP contribution in [0.1, 0.15) is 18.4 Å². The first-order valence-electron chi connectivity index (χ1n) is 9.21. The lowest BCUT2D eigenvalue weighted by Crippen LogP contribution is -2.50. The van der Waals surface area contributed by atoms with E-state index in [-0.39, 0.29) is 0 Å². The predicted molar refractivity (Wildman–Crippen MR) is 105 cm³/mol. The molecule has 0 atom stereocenters. The Kier molecular flexibility index (Phi) is 5.19. The van der Waals surface area contributed by atoms with Crippen LogP contribution in [0.15, 0.2) is 30.5 Å². The summed E-state index contributed by atoms with van der Waals surface area (Å²) in [6, 6.07) is 8.50. The van der Waals surface area contributed by atoms with Gasteiger partial charge in [0.25, 0.3) is 0 Å². The highest BCUT2D eigenvalue weighted by atomic mass is 35.5. The van der Waals surface area contributed by atoms with Crippen molar-refractivity contribution in [3.8, 4) is 0 Å². The van der Waals surface area contributed by atoms with Crippen LogP contribution in [0.4, 0.5) is 0 Å². The van der Waals surface area contributed by atoms with Crippen LogP contribution in [0.3, 0.4) is 0 Å². The number of rotatable bonds is 3. The largest absolute Gasteiger partial charge is 0.299 e. The molecule has 2 fully saturated rings. The van der Waals surface area contributed by atoms with Crippen LogP contribution < -0.4 is 0 Å². The van der Waals surface area contributed by atoms with Gasteiger partial charge in [0.15, 0.2) is 9.84 Å². The maximum absolute atomic E-state index is 11.6. The number of piperidine rings is 1. The number of aromatic nitrogens is 1. The number of fused-ring (bicyclic) bond motifs is 1. The van der Waals surface area contributed by atoms with E-state index in [1.54, 1.807) is 0 Å². The highest BCUT2D eigenvalue weighted by Gasteiger charge is 2.29. The second kappa shape index (κ2) is 7.43. The maximum atomic E-state index is 11.6. The van der Waals surface area contributed by atoms with Crippen LogP contribution in [0.5, 0.6) is 0 Å². The molecule has 7 heteroatoms. The van der Waals surface area contributed by atoms with Gasteiger partial charge in [0.1, 0.15) is 0 Å². The fourth-order valence-electron chi connectivity index (χ4n) is 4.10. The zero-order chi connectivity index (χ0) is 18.1. The van der Waals surface area contributed by atoms with Gasteiger partial charge in [-0.05, 0) is 49.7 Å². The summed E-state index contributed by atoms with van der Waals surface area (Å²) in [4.78, 5) is 9.37. The zero-order valence-corrected chi connectivity index (χ0v) is 16.3. The molecule has 5 nitrogen and oxygen atoms in total. The van der Waals surface area contributed by atoms with Gasteiger partial charge in [0.2, 0.25) is 0 Å². The number of halogens is 1. The van der Waals surface area contributed by atoms with Crippen molar-refractivity contribution >= 4 is 32.3 Å². The third-order valence-corrected chi connectivity index (χ3v) is 7.59. The van der Waals surface area contributed by atoms with Gasteiger partial charge >= 0.3 is 0 Å². The Morgan fingerprint density at radius 1 is 1.08 bits per heavy atom. The summed E-state index contributed by atoms with van der Waals surface area (Å²) in [6.07, 6.45) is 4.01. The number of hydrogen-bond acceptors (Lipinski definition) is 5. The summed E-state index contributed by atoms with van der Waals surface area (Å²) in [7, 11) is -2.80. The molecule has 1 aromatic heterocycles. The van der Waals surface area contributed by atoms with E-state index in [9.17, 15) is 8.42 Å². The van der Waals surface area contributed by atoms with E-state index in [2.05, 4.69) is 20.9 Å². The predicted octanol–water partition coefficient (Wildman–Crippen LogP) is 2.58. The fourth-order valence-corrected chi connectivity index (χ4v) is 5.54. The first kappa shape index (κ1) is 18.2. The van der Waals surface area contributed by atoms with Gasteiger partial charge in [-0.25, -0.2) is 8.42 Å². The highest BCUT2D eigenvalue weighted by molar-refractivity contribution is 7.91. The number of sulfone groups is 1. The molecule has 0 aliphatic carbocycles. The molecule has 140 valence electrons. The summed E-state index contributed by atoms with van der Waals surface area (Å²) < 4.78 is 23.2. The molecule has 0 bridgehead atoms. The molecule has 0 unspecified atom stereocenters. The third-order valence-electron chi connectivity index (χ3n) is 5.65. The molecule has 2 aromatic rings.